The third-order valence-electron chi connectivity index (χ3n) is 3.31. The lowest BCUT2D eigenvalue weighted by molar-refractivity contribution is -0.137. The molecule has 0 saturated heterocycles. The number of carbonyl (C=O) groups is 1. The first-order valence-electron chi connectivity index (χ1n) is 8.29. The van der Waals surface area contributed by atoms with E-state index in [1.807, 2.05) is 0 Å². The van der Waals surface area contributed by atoms with Crippen LogP contribution in [0.25, 0.3) is 0 Å². The Morgan fingerprint density at radius 3 is 1.65 bits per heavy atom. The monoisotopic (exact) mass is 280 g/mol. The Balaban J connectivity index is 3.16. The third-order valence-corrected chi connectivity index (χ3v) is 3.31. The second-order valence-electron chi connectivity index (χ2n) is 5.36. The molecule has 20 heavy (non-hydrogen) atoms. The predicted molar refractivity (Wildman–Crippen MR) is 87.0 cm³/mol. The molecule has 0 aromatic carbocycles. The second-order valence-corrected chi connectivity index (χ2v) is 5.36. The van der Waals surface area contributed by atoms with Crippen LogP contribution in [0.15, 0.2) is 24.3 Å². The van der Waals surface area contributed by atoms with Gasteiger partial charge in [-0.3, -0.25) is 4.79 Å². The number of carboxylic acid groups (broad SMARTS) is 1. The average molecular weight is 280 g/mol. The maximum Gasteiger partial charge on any atom is 0.303 e. The standard InChI is InChI=1S/C18H32O2/c1-2-3-4-5-6-7-8-9-10-11-12-13-14-15-16-17-18(19)20/h6-7,13-14H,2-5,8-12,15-17H2,1H3,(H,19,20)/b7-6+,14-13+. The van der Waals surface area contributed by atoms with Crippen LogP contribution >= 0.6 is 0 Å². The van der Waals surface area contributed by atoms with Crippen LogP contribution in [0, 0.1) is 0 Å². The summed E-state index contributed by atoms with van der Waals surface area (Å²) in [5.74, 6) is -0.693. The molecule has 0 radical (unpaired) electrons. The molecule has 0 aliphatic carbocycles. The highest BCUT2D eigenvalue weighted by atomic mass is 16.4. The van der Waals surface area contributed by atoms with E-state index in [0.717, 1.165) is 19.3 Å². The van der Waals surface area contributed by atoms with Crippen molar-refractivity contribution in [3.8, 4) is 0 Å². The largest absolute Gasteiger partial charge is 0.481 e. The highest BCUT2D eigenvalue weighted by molar-refractivity contribution is 5.66. The van der Waals surface area contributed by atoms with Crippen molar-refractivity contribution in [3.05, 3.63) is 24.3 Å². The van der Waals surface area contributed by atoms with Crippen LogP contribution in [0.3, 0.4) is 0 Å². The highest BCUT2D eigenvalue weighted by Crippen LogP contribution is 2.07. The number of hydrogen-bond donors (Lipinski definition) is 1. The summed E-state index contributed by atoms with van der Waals surface area (Å²) in [4.78, 5) is 10.3. The Morgan fingerprint density at radius 1 is 0.750 bits per heavy atom. The molecule has 0 spiro atoms. The van der Waals surface area contributed by atoms with Gasteiger partial charge in [0.1, 0.15) is 0 Å². The number of unbranched alkanes of at least 4 members (excludes halogenated alkanes) is 8. The second kappa shape index (κ2) is 16.0. The highest BCUT2D eigenvalue weighted by Gasteiger charge is 1.93. The van der Waals surface area contributed by atoms with Gasteiger partial charge in [0.2, 0.25) is 0 Å². The first-order chi connectivity index (χ1) is 9.77. The molecule has 0 fully saturated rings. The van der Waals surface area contributed by atoms with Crippen LogP contribution in [0.1, 0.15) is 84.0 Å². The first kappa shape index (κ1) is 18.9. The van der Waals surface area contributed by atoms with Crippen molar-refractivity contribution in [3.63, 3.8) is 0 Å². The number of allylic oxidation sites excluding steroid dienone is 4. The fourth-order valence-electron chi connectivity index (χ4n) is 2.06. The minimum atomic E-state index is -0.693. The Morgan fingerprint density at radius 2 is 1.20 bits per heavy atom. The average Bonchev–Trinajstić information content (AvgIpc) is 2.43. The van der Waals surface area contributed by atoms with Crippen molar-refractivity contribution < 1.29 is 9.90 Å². The minimum absolute atomic E-state index is 0.287. The van der Waals surface area contributed by atoms with Crippen LogP contribution < -0.4 is 0 Å². The summed E-state index contributed by atoms with van der Waals surface area (Å²) in [5, 5.41) is 8.49. The molecular weight excluding hydrogens is 248 g/mol. The molecule has 0 bridgehead atoms. The van der Waals surface area contributed by atoms with E-state index < -0.39 is 5.97 Å². The Kier molecular flexibility index (Phi) is 15.2. The molecule has 2 nitrogen and oxygen atoms in total. The summed E-state index contributed by atoms with van der Waals surface area (Å²) in [7, 11) is 0. The van der Waals surface area contributed by atoms with Gasteiger partial charge in [-0.15, -0.1) is 0 Å². The summed E-state index contributed by atoms with van der Waals surface area (Å²) in [5.41, 5.74) is 0. The minimum Gasteiger partial charge on any atom is -0.481 e. The molecule has 0 heterocycles. The van der Waals surface area contributed by atoms with Gasteiger partial charge in [-0.25, -0.2) is 0 Å². The number of carboxylic acids is 1. The Hall–Kier alpha value is -1.05. The summed E-state index contributed by atoms with van der Waals surface area (Å²) < 4.78 is 0. The normalized spacial score (nSPS) is 11.7. The van der Waals surface area contributed by atoms with Gasteiger partial charge in [-0.1, -0.05) is 50.5 Å². The molecular formula is C18H32O2. The third kappa shape index (κ3) is 16.9. The molecule has 1 N–H and O–H groups in total. The zero-order valence-corrected chi connectivity index (χ0v) is 13.2. The van der Waals surface area contributed by atoms with Gasteiger partial charge in [0, 0.05) is 6.42 Å². The van der Waals surface area contributed by atoms with E-state index in [4.69, 9.17) is 5.11 Å². The van der Waals surface area contributed by atoms with E-state index >= 15 is 0 Å². The first-order valence-corrected chi connectivity index (χ1v) is 8.29. The molecule has 0 aliphatic rings. The van der Waals surface area contributed by atoms with Gasteiger partial charge >= 0.3 is 5.97 Å². The lowest BCUT2D eigenvalue weighted by Gasteiger charge is -1.96. The van der Waals surface area contributed by atoms with Crippen LogP contribution in [0.4, 0.5) is 0 Å². The molecule has 0 aromatic rings. The van der Waals surface area contributed by atoms with E-state index in [0.29, 0.717) is 0 Å². The van der Waals surface area contributed by atoms with E-state index in [2.05, 4.69) is 31.2 Å². The zero-order valence-electron chi connectivity index (χ0n) is 13.2. The van der Waals surface area contributed by atoms with Gasteiger partial charge in [0.05, 0.1) is 0 Å². The van der Waals surface area contributed by atoms with Crippen LogP contribution in [-0.2, 0) is 4.79 Å². The Bertz CT molecular complexity index is 267. The molecule has 0 saturated carbocycles. The molecule has 0 aliphatic heterocycles. The van der Waals surface area contributed by atoms with Crippen LogP contribution in [0.2, 0.25) is 0 Å². The summed E-state index contributed by atoms with van der Waals surface area (Å²) >= 11 is 0. The maximum absolute atomic E-state index is 10.3. The maximum atomic E-state index is 10.3. The van der Waals surface area contributed by atoms with Gasteiger partial charge in [0.15, 0.2) is 0 Å². The van der Waals surface area contributed by atoms with Crippen LogP contribution in [0.5, 0.6) is 0 Å². The molecule has 116 valence electrons. The van der Waals surface area contributed by atoms with Gasteiger partial charge in [-0.2, -0.15) is 0 Å². The van der Waals surface area contributed by atoms with Crippen molar-refractivity contribution in [1.82, 2.24) is 0 Å². The number of hydrogen-bond acceptors (Lipinski definition) is 1. The number of rotatable bonds is 14. The summed E-state index contributed by atoms with van der Waals surface area (Å²) in [6, 6.07) is 0. The van der Waals surface area contributed by atoms with Crippen molar-refractivity contribution in [2.45, 2.75) is 84.0 Å². The SMILES string of the molecule is CCCCC/C=C/CCCCC/C=C/CCCC(=O)O. The van der Waals surface area contributed by atoms with Gasteiger partial charge in [0.25, 0.3) is 0 Å². The van der Waals surface area contributed by atoms with E-state index in [9.17, 15) is 4.79 Å². The topological polar surface area (TPSA) is 37.3 Å². The van der Waals surface area contributed by atoms with Crippen molar-refractivity contribution >= 4 is 5.97 Å². The van der Waals surface area contributed by atoms with E-state index in [1.165, 1.54) is 51.4 Å². The van der Waals surface area contributed by atoms with Gasteiger partial charge < -0.3 is 5.11 Å². The molecule has 0 atom stereocenters. The Labute approximate surface area is 125 Å². The molecule has 0 unspecified atom stereocenters. The van der Waals surface area contributed by atoms with E-state index in [-0.39, 0.29) is 6.42 Å². The quantitative estimate of drug-likeness (QED) is 0.318. The smallest absolute Gasteiger partial charge is 0.303 e. The lowest BCUT2D eigenvalue weighted by Crippen LogP contribution is -1.92. The molecule has 0 rings (SSSR count). The molecule has 0 aromatic heterocycles. The predicted octanol–water partition coefficient (Wildman–Crippen LogP) is 5.88. The lowest BCUT2D eigenvalue weighted by atomic mass is 10.1. The number of aliphatic carboxylic acids is 1. The van der Waals surface area contributed by atoms with Crippen molar-refractivity contribution in [2.24, 2.45) is 0 Å². The fraction of sp³-hybridized carbons (Fsp3) is 0.722. The van der Waals surface area contributed by atoms with Crippen molar-refractivity contribution in [1.29, 1.82) is 0 Å². The molecule has 0 amide bonds. The molecule has 2 heteroatoms. The van der Waals surface area contributed by atoms with E-state index in [1.54, 1.807) is 0 Å². The van der Waals surface area contributed by atoms with Gasteiger partial charge in [-0.05, 0) is 51.4 Å². The zero-order chi connectivity index (χ0) is 14.9. The summed E-state index contributed by atoms with van der Waals surface area (Å²) in [6.07, 6.45) is 22.3. The van der Waals surface area contributed by atoms with Crippen LogP contribution in [-0.4, -0.2) is 11.1 Å². The van der Waals surface area contributed by atoms with Crippen molar-refractivity contribution in [2.75, 3.05) is 0 Å². The summed E-state index contributed by atoms with van der Waals surface area (Å²) in [6.45, 7) is 2.24. The fourth-order valence-corrected chi connectivity index (χ4v) is 2.06.